The van der Waals surface area contributed by atoms with Gasteiger partial charge in [-0.25, -0.2) is 0 Å². The van der Waals surface area contributed by atoms with Gasteiger partial charge in [0.15, 0.2) is 5.96 Å². The van der Waals surface area contributed by atoms with Gasteiger partial charge < -0.3 is 20.5 Å². The first-order chi connectivity index (χ1) is 13.6. The smallest absolute Gasteiger partial charge is 0.220 e. The van der Waals surface area contributed by atoms with Gasteiger partial charge >= 0.3 is 0 Å². The Labute approximate surface area is 167 Å². The highest BCUT2D eigenvalue weighted by atomic mass is 16.1. The largest absolute Gasteiger partial charge is 0.359 e. The Hall–Kier alpha value is -2.50. The summed E-state index contributed by atoms with van der Waals surface area (Å²) in [6.45, 7) is 7.80. The van der Waals surface area contributed by atoms with Crippen molar-refractivity contribution in [3.8, 4) is 0 Å². The van der Waals surface area contributed by atoms with Crippen molar-refractivity contribution < 1.29 is 4.79 Å². The van der Waals surface area contributed by atoms with Crippen molar-refractivity contribution in [2.75, 3.05) is 33.2 Å². The Balaban J connectivity index is 1.60. The van der Waals surface area contributed by atoms with Crippen molar-refractivity contribution in [3.63, 3.8) is 0 Å². The molecule has 3 rings (SSSR count). The SMILES string of the molecule is CCNC(=NCCc1c(C)[nH]c2ccccc12)N1CCC(CC(=O)NC)CC1. The molecule has 1 aromatic carbocycles. The third kappa shape index (κ3) is 4.86. The number of aromatic amines is 1. The summed E-state index contributed by atoms with van der Waals surface area (Å²) in [5, 5.41) is 7.47. The summed E-state index contributed by atoms with van der Waals surface area (Å²) in [6.07, 6.45) is 3.65. The van der Waals surface area contributed by atoms with E-state index in [9.17, 15) is 4.79 Å². The number of carbonyl (C=O) groups is 1. The molecule has 1 aliphatic rings. The normalized spacial score (nSPS) is 15.8. The number of benzene rings is 1. The molecule has 2 aromatic rings. The molecule has 0 unspecified atom stereocenters. The molecule has 3 N–H and O–H groups in total. The average Bonchev–Trinajstić information content (AvgIpc) is 3.03. The summed E-state index contributed by atoms with van der Waals surface area (Å²) in [5.74, 6) is 1.62. The summed E-state index contributed by atoms with van der Waals surface area (Å²) in [4.78, 5) is 22.3. The number of aryl methyl sites for hydroxylation is 1. The second-order valence-corrected chi connectivity index (χ2v) is 7.57. The number of hydrogen-bond donors (Lipinski definition) is 3. The Bertz CT molecular complexity index is 817. The van der Waals surface area contributed by atoms with Crippen molar-refractivity contribution in [3.05, 3.63) is 35.5 Å². The van der Waals surface area contributed by atoms with E-state index in [0.717, 1.165) is 51.4 Å². The van der Waals surface area contributed by atoms with Crippen molar-refractivity contribution in [2.45, 2.75) is 39.5 Å². The number of piperidine rings is 1. The molecule has 28 heavy (non-hydrogen) atoms. The minimum Gasteiger partial charge on any atom is -0.359 e. The molecule has 1 fully saturated rings. The molecular formula is C22H33N5O. The maximum atomic E-state index is 11.6. The Morgan fingerprint density at radius 3 is 2.75 bits per heavy atom. The molecule has 0 saturated carbocycles. The quantitative estimate of drug-likeness (QED) is 0.531. The van der Waals surface area contributed by atoms with E-state index in [4.69, 9.17) is 4.99 Å². The maximum Gasteiger partial charge on any atom is 0.220 e. The number of aromatic nitrogens is 1. The third-order valence-electron chi connectivity index (χ3n) is 5.65. The lowest BCUT2D eigenvalue weighted by molar-refractivity contribution is -0.121. The van der Waals surface area contributed by atoms with E-state index in [1.807, 2.05) is 0 Å². The highest BCUT2D eigenvalue weighted by Gasteiger charge is 2.23. The minimum absolute atomic E-state index is 0.146. The van der Waals surface area contributed by atoms with Crippen LogP contribution in [0.4, 0.5) is 0 Å². The number of hydrogen-bond acceptors (Lipinski definition) is 2. The molecule has 0 radical (unpaired) electrons. The first-order valence-corrected chi connectivity index (χ1v) is 10.4. The molecular weight excluding hydrogens is 350 g/mol. The highest BCUT2D eigenvalue weighted by molar-refractivity contribution is 5.84. The number of rotatable bonds is 6. The fourth-order valence-corrected chi connectivity index (χ4v) is 4.07. The maximum absolute atomic E-state index is 11.6. The molecule has 1 aromatic heterocycles. The van der Waals surface area contributed by atoms with Gasteiger partial charge in [0.25, 0.3) is 0 Å². The third-order valence-corrected chi connectivity index (χ3v) is 5.65. The summed E-state index contributed by atoms with van der Waals surface area (Å²) in [5.41, 5.74) is 3.79. The van der Waals surface area contributed by atoms with Crippen LogP contribution in [0.2, 0.25) is 0 Å². The van der Waals surface area contributed by atoms with Crippen LogP contribution in [0.5, 0.6) is 0 Å². The predicted octanol–water partition coefficient (Wildman–Crippen LogP) is 2.83. The van der Waals surface area contributed by atoms with Crippen LogP contribution in [-0.2, 0) is 11.2 Å². The molecule has 1 saturated heterocycles. The van der Waals surface area contributed by atoms with E-state index in [2.05, 4.69) is 58.6 Å². The van der Waals surface area contributed by atoms with Crippen LogP contribution in [0.15, 0.2) is 29.3 Å². The lowest BCUT2D eigenvalue weighted by Gasteiger charge is -2.34. The minimum atomic E-state index is 0.146. The summed E-state index contributed by atoms with van der Waals surface area (Å²) in [7, 11) is 1.71. The lowest BCUT2D eigenvalue weighted by atomic mass is 9.93. The Kier molecular flexibility index (Phi) is 6.95. The fraction of sp³-hybridized carbons (Fsp3) is 0.545. The monoisotopic (exact) mass is 383 g/mol. The van der Waals surface area contributed by atoms with E-state index in [-0.39, 0.29) is 5.91 Å². The Morgan fingerprint density at radius 2 is 2.04 bits per heavy atom. The number of likely N-dealkylation sites (tertiary alicyclic amines) is 1. The van der Waals surface area contributed by atoms with Crippen molar-refractivity contribution in [2.24, 2.45) is 10.9 Å². The van der Waals surface area contributed by atoms with Gasteiger partial charge in [0.1, 0.15) is 0 Å². The summed E-state index contributed by atoms with van der Waals surface area (Å²) >= 11 is 0. The summed E-state index contributed by atoms with van der Waals surface area (Å²) < 4.78 is 0. The number of amides is 1. The molecule has 152 valence electrons. The van der Waals surface area contributed by atoms with Crippen molar-refractivity contribution in [1.29, 1.82) is 0 Å². The second-order valence-electron chi connectivity index (χ2n) is 7.57. The van der Waals surface area contributed by atoms with Gasteiger partial charge in [-0.15, -0.1) is 0 Å². The standard InChI is InChI=1S/C22H33N5O/c1-4-24-22(27-13-10-17(11-14-27)15-21(28)23-3)25-12-9-18-16(2)26-20-8-6-5-7-19(18)20/h5-8,17,26H,4,9-15H2,1-3H3,(H,23,28)(H,24,25). The second kappa shape index (κ2) is 9.62. The molecule has 2 heterocycles. The number of fused-ring (bicyclic) bond motifs is 1. The van der Waals surface area contributed by atoms with Crippen LogP contribution in [0, 0.1) is 12.8 Å². The van der Waals surface area contributed by atoms with Crippen LogP contribution >= 0.6 is 0 Å². The number of carbonyl (C=O) groups excluding carboxylic acids is 1. The van der Waals surface area contributed by atoms with Crippen molar-refractivity contribution >= 4 is 22.8 Å². The molecule has 1 amide bonds. The molecule has 0 atom stereocenters. The van der Waals surface area contributed by atoms with Gasteiger partial charge in [-0.05, 0) is 50.7 Å². The number of nitrogens with one attached hydrogen (secondary N) is 3. The van der Waals surface area contributed by atoms with E-state index < -0.39 is 0 Å². The molecule has 0 bridgehead atoms. The molecule has 1 aliphatic heterocycles. The van der Waals surface area contributed by atoms with Gasteiger partial charge in [0, 0.05) is 56.2 Å². The van der Waals surface area contributed by atoms with Gasteiger partial charge in [-0.1, -0.05) is 18.2 Å². The zero-order valence-electron chi connectivity index (χ0n) is 17.3. The van der Waals surface area contributed by atoms with E-state index in [1.54, 1.807) is 7.05 Å². The van der Waals surface area contributed by atoms with Gasteiger partial charge in [-0.2, -0.15) is 0 Å². The predicted molar refractivity (Wildman–Crippen MR) is 116 cm³/mol. The van der Waals surface area contributed by atoms with Crippen molar-refractivity contribution in [1.82, 2.24) is 20.5 Å². The average molecular weight is 384 g/mol. The van der Waals surface area contributed by atoms with Gasteiger partial charge in [0.2, 0.25) is 5.91 Å². The molecule has 0 aliphatic carbocycles. The fourth-order valence-electron chi connectivity index (χ4n) is 4.07. The zero-order chi connectivity index (χ0) is 19.9. The summed E-state index contributed by atoms with van der Waals surface area (Å²) in [6, 6.07) is 8.47. The van der Waals surface area contributed by atoms with Crippen LogP contribution in [0.3, 0.4) is 0 Å². The first kappa shape index (κ1) is 20.2. The van der Waals surface area contributed by atoms with Gasteiger partial charge in [-0.3, -0.25) is 9.79 Å². The lowest BCUT2D eigenvalue weighted by Crippen LogP contribution is -2.46. The number of aliphatic imine (C=N–C) groups is 1. The van der Waals surface area contributed by atoms with Gasteiger partial charge in [0.05, 0.1) is 0 Å². The first-order valence-electron chi connectivity index (χ1n) is 10.4. The topological polar surface area (TPSA) is 72.5 Å². The van der Waals surface area contributed by atoms with Crippen LogP contribution in [-0.4, -0.2) is 55.0 Å². The van der Waals surface area contributed by atoms with Crippen LogP contribution in [0.1, 0.15) is 37.4 Å². The van der Waals surface area contributed by atoms with Crippen LogP contribution in [0.25, 0.3) is 10.9 Å². The van der Waals surface area contributed by atoms with E-state index >= 15 is 0 Å². The number of nitrogens with zero attached hydrogens (tertiary/aromatic N) is 2. The molecule has 6 nitrogen and oxygen atoms in total. The molecule has 0 spiro atoms. The Morgan fingerprint density at radius 1 is 1.29 bits per heavy atom. The number of H-pyrrole nitrogens is 1. The molecule has 6 heteroatoms. The number of para-hydroxylation sites is 1. The van der Waals surface area contributed by atoms with Crippen LogP contribution < -0.4 is 10.6 Å². The zero-order valence-corrected chi connectivity index (χ0v) is 17.3. The highest BCUT2D eigenvalue weighted by Crippen LogP contribution is 2.23. The van der Waals surface area contributed by atoms with E-state index in [0.29, 0.717) is 12.3 Å². The number of guanidine groups is 1. The van der Waals surface area contributed by atoms with E-state index in [1.165, 1.54) is 22.2 Å².